The van der Waals surface area contributed by atoms with Gasteiger partial charge >= 0.3 is 12.1 Å². The van der Waals surface area contributed by atoms with E-state index in [0.717, 1.165) is 25.0 Å². The second-order valence-electron chi connectivity index (χ2n) is 3.89. The Morgan fingerprint density at radius 2 is 1.89 bits per heavy atom. The van der Waals surface area contributed by atoms with Gasteiger partial charge in [-0.25, -0.2) is 4.79 Å². The van der Waals surface area contributed by atoms with Crippen LogP contribution in [0.2, 0.25) is 0 Å². The first-order valence-corrected chi connectivity index (χ1v) is 5.80. The van der Waals surface area contributed by atoms with Gasteiger partial charge in [-0.1, -0.05) is 31.9 Å². The standard InChI is InChI=1S/C13H15F3O2/c1-2-3-6-9-18-12(17)10-7-4-5-8-11(10)13(14,15)16/h4-5,7-8H,2-3,6,9H2,1H3. The zero-order valence-corrected chi connectivity index (χ0v) is 10.1. The lowest BCUT2D eigenvalue weighted by atomic mass is 10.1. The molecule has 0 saturated heterocycles. The second kappa shape index (κ2) is 6.42. The number of halogens is 3. The van der Waals surface area contributed by atoms with Crippen LogP contribution in [0, 0.1) is 0 Å². The van der Waals surface area contributed by atoms with E-state index in [1.807, 2.05) is 6.92 Å². The lowest BCUT2D eigenvalue weighted by molar-refractivity contribution is -0.138. The molecule has 0 aliphatic carbocycles. The predicted octanol–water partition coefficient (Wildman–Crippen LogP) is 4.05. The molecule has 0 fully saturated rings. The molecule has 1 aromatic rings. The van der Waals surface area contributed by atoms with Crippen LogP contribution in [0.5, 0.6) is 0 Å². The van der Waals surface area contributed by atoms with Gasteiger partial charge in [0.25, 0.3) is 0 Å². The summed E-state index contributed by atoms with van der Waals surface area (Å²) in [5.41, 5.74) is -1.38. The first kappa shape index (κ1) is 14.5. The topological polar surface area (TPSA) is 26.3 Å². The van der Waals surface area contributed by atoms with E-state index in [9.17, 15) is 18.0 Å². The minimum Gasteiger partial charge on any atom is -0.462 e. The molecule has 1 rings (SSSR count). The van der Waals surface area contributed by atoms with E-state index in [1.165, 1.54) is 12.1 Å². The highest BCUT2D eigenvalue weighted by molar-refractivity contribution is 5.91. The molecule has 0 saturated carbocycles. The summed E-state index contributed by atoms with van der Waals surface area (Å²) >= 11 is 0. The summed E-state index contributed by atoms with van der Waals surface area (Å²) in [4.78, 5) is 11.6. The molecular weight excluding hydrogens is 245 g/mol. The van der Waals surface area contributed by atoms with Gasteiger partial charge in [0, 0.05) is 0 Å². The monoisotopic (exact) mass is 260 g/mol. The van der Waals surface area contributed by atoms with Gasteiger partial charge in [0.1, 0.15) is 0 Å². The lowest BCUT2D eigenvalue weighted by Gasteiger charge is -2.11. The summed E-state index contributed by atoms with van der Waals surface area (Å²) < 4.78 is 42.8. The van der Waals surface area contributed by atoms with Gasteiger partial charge < -0.3 is 4.74 Å². The maximum atomic E-state index is 12.6. The summed E-state index contributed by atoms with van der Waals surface area (Å²) in [7, 11) is 0. The van der Waals surface area contributed by atoms with Crippen LogP contribution in [0.3, 0.4) is 0 Å². The molecule has 0 heterocycles. The third kappa shape index (κ3) is 4.05. The van der Waals surface area contributed by atoms with Gasteiger partial charge in [0.05, 0.1) is 17.7 Å². The van der Waals surface area contributed by atoms with Gasteiger partial charge in [-0.2, -0.15) is 13.2 Å². The van der Waals surface area contributed by atoms with Crippen molar-refractivity contribution in [1.82, 2.24) is 0 Å². The second-order valence-corrected chi connectivity index (χ2v) is 3.89. The van der Waals surface area contributed by atoms with Crippen molar-refractivity contribution in [3.05, 3.63) is 35.4 Å². The molecule has 0 atom stereocenters. The molecule has 0 aliphatic rings. The number of hydrogen-bond acceptors (Lipinski definition) is 2. The highest BCUT2D eigenvalue weighted by Gasteiger charge is 2.35. The Hall–Kier alpha value is -1.52. The van der Waals surface area contributed by atoms with Gasteiger partial charge in [0.15, 0.2) is 0 Å². The van der Waals surface area contributed by atoms with Crippen molar-refractivity contribution in [2.45, 2.75) is 32.4 Å². The Morgan fingerprint density at radius 1 is 1.22 bits per heavy atom. The molecule has 100 valence electrons. The number of alkyl halides is 3. The van der Waals surface area contributed by atoms with E-state index < -0.39 is 23.3 Å². The summed E-state index contributed by atoms with van der Waals surface area (Å²) in [5, 5.41) is 0. The molecular formula is C13H15F3O2. The number of carbonyl (C=O) groups is 1. The van der Waals surface area contributed by atoms with Crippen molar-refractivity contribution in [3.8, 4) is 0 Å². The Morgan fingerprint density at radius 3 is 2.50 bits per heavy atom. The smallest absolute Gasteiger partial charge is 0.417 e. The maximum Gasteiger partial charge on any atom is 0.417 e. The first-order chi connectivity index (χ1) is 8.46. The zero-order valence-electron chi connectivity index (χ0n) is 10.1. The summed E-state index contributed by atoms with van der Waals surface area (Å²) in [6.45, 7) is 2.14. The van der Waals surface area contributed by atoms with Gasteiger partial charge in [-0.15, -0.1) is 0 Å². The Balaban J connectivity index is 2.74. The van der Waals surface area contributed by atoms with Crippen molar-refractivity contribution >= 4 is 5.97 Å². The van der Waals surface area contributed by atoms with Crippen molar-refractivity contribution in [2.75, 3.05) is 6.61 Å². The molecule has 0 aliphatic heterocycles. The zero-order chi connectivity index (χ0) is 13.6. The van der Waals surface area contributed by atoms with Crippen LogP contribution >= 0.6 is 0 Å². The highest BCUT2D eigenvalue weighted by atomic mass is 19.4. The Labute approximate surface area is 104 Å². The molecule has 1 aromatic carbocycles. The van der Waals surface area contributed by atoms with Gasteiger partial charge in [-0.3, -0.25) is 0 Å². The molecule has 2 nitrogen and oxygen atoms in total. The number of ether oxygens (including phenoxy) is 1. The molecule has 0 bridgehead atoms. The fourth-order valence-corrected chi connectivity index (χ4v) is 1.50. The van der Waals surface area contributed by atoms with Crippen LogP contribution in [-0.2, 0) is 10.9 Å². The van der Waals surface area contributed by atoms with E-state index in [0.29, 0.717) is 6.42 Å². The normalized spacial score (nSPS) is 11.3. The third-order valence-electron chi connectivity index (χ3n) is 2.43. The number of benzene rings is 1. The molecule has 0 amide bonds. The lowest BCUT2D eigenvalue weighted by Crippen LogP contribution is -2.15. The molecule has 0 aromatic heterocycles. The predicted molar refractivity (Wildman–Crippen MR) is 61.3 cm³/mol. The molecule has 5 heteroatoms. The van der Waals surface area contributed by atoms with Crippen molar-refractivity contribution in [1.29, 1.82) is 0 Å². The average Bonchev–Trinajstić information content (AvgIpc) is 2.33. The van der Waals surface area contributed by atoms with Crippen molar-refractivity contribution in [3.63, 3.8) is 0 Å². The number of unbranched alkanes of at least 4 members (excludes halogenated alkanes) is 2. The molecule has 0 unspecified atom stereocenters. The summed E-state index contributed by atoms with van der Waals surface area (Å²) in [6, 6.07) is 4.64. The average molecular weight is 260 g/mol. The number of hydrogen-bond donors (Lipinski definition) is 0. The van der Waals surface area contributed by atoms with Gasteiger partial charge in [-0.05, 0) is 18.6 Å². The molecule has 0 radical (unpaired) electrons. The number of rotatable bonds is 5. The minimum absolute atomic E-state index is 0.152. The van der Waals surface area contributed by atoms with Crippen LogP contribution in [0.4, 0.5) is 13.2 Å². The first-order valence-electron chi connectivity index (χ1n) is 5.80. The third-order valence-corrected chi connectivity index (χ3v) is 2.43. The Kier molecular flexibility index (Phi) is 5.19. The quantitative estimate of drug-likeness (QED) is 0.589. The highest BCUT2D eigenvalue weighted by Crippen LogP contribution is 2.32. The molecule has 0 spiro atoms. The van der Waals surface area contributed by atoms with Crippen molar-refractivity contribution in [2.24, 2.45) is 0 Å². The van der Waals surface area contributed by atoms with E-state index in [2.05, 4.69) is 0 Å². The van der Waals surface area contributed by atoms with Crippen LogP contribution in [0.25, 0.3) is 0 Å². The van der Waals surface area contributed by atoms with Crippen LogP contribution in [0.15, 0.2) is 24.3 Å². The van der Waals surface area contributed by atoms with Crippen LogP contribution in [0.1, 0.15) is 42.1 Å². The Bertz CT molecular complexity index is 399. The van der Waals surface area contributed by atoms with E-state index >= 15 is 0 Å². The van der Waals surface area contributed by atoms with E-state index in [4.69, 9.17) is 4.74 Å². The SMILES string of the molecule is CCCCCOC(=O)c1ccccc1C(F)(F)F. The minimum atomic E-state index is -4.54. The van der Waals surface area contributed by atoms with E-state index in [1.54, 1.807) is 0 Å². The van der Waals surface area contributed by atoms with Crippen LogP contribution in [-0.4, -0.2) is 12.6 Å². The van der Waals surface area contributed by atoms with Crippen LogP contribution < -0.4 is 0 Å². The van der Waals surface area contributed by atoms with Gasteiger partial charge in [0.2, 0.25) is 0 Å². The van der Waals surface area contributed by atoms with E-state index in [-0.39, 0.29) is 6.61 Å². The largest absolute Gasteiger partial charge is 0.462 e. The number of carbonyl (C=O) groups excluding carboxylic acids is 1. The molecule has 0 N–H and O–H groups in total. The fraction of sp³-hybridized carbons (Fsp3) is 0.462. The fourth-order valence-electron chi connectivity index (χ4n) is 1.50. The summed E-state index contributed by atoms with van der Waals surface area (Å²) in [6.07, 6.45) is -2.04. The summed E-state index contributed by atoms with van der Waals surface area (Å²) in [5.74, 6) is -0.918. The number of esters is 1. The molecule has 18 heavy (non-hydrogen) atoms. The maximum absolute atomic E-state index is 12.6. The van der Waals surface area contributed by atoms with Crippen molar-refractivity contribution < 1.29 is 22.7 Å².